The van der Waals surface area contributed by atoms with Crippen LogP contribution in [0.4, 0.5) is 0 Å². The number of Topliss-reactive ketones (excluding diaryl/α,β-unsaturated/α-hetero) is 1. The Morgan fingerprint density at radius 1 is 1.35 bits per heavy atom. The van der Waals surface area contributed by atoms with E-state index < -0.39 is 5.60 Å². The van der Waals surface area contributed by atoms with Gasteiger partial charge in [0.05, 0.1) is 19.8 Å². The van der Waals surface area contributed by atoms with Gasteiger partial charge in [0.25, 0.3) is 0 Å². The second kappa shape index (κ2) is 5.19. The number of hydrogen-bond donors (Lipinski definition) is 1. The highest BCUT2D eigenvalue weighted by Crippen LogP contribution is 2.28. The fourth-order valence-corrected chi connectivity index (χ4v) is 1.44. The van der Waals surface area contributed by atoms with Gasteiger partial charge in [0, 0.05) is 6.07 Å². The van der Waals surface area contributed by atoms with E-state index in [1.54, 1.807) is 32.2 Å². The average Bonchev–Trinajstić information content (AvgIpc) is 2.36. The van der Waals surface area contributed by atoms with E-state index in [0.29, 0.717) is 23.5 Å². The largest absolute Gasteiger partial charge is 0.497 e. The van der Waals surface area contributed by atoms with Gasteiger partial charge in [0.15, 0.2) is 5.78 Å². The second-order valence-corrected chi connectivity index (χ2v) is 4.02. The van der Waals surface area contributed by atoms with Gasteiger partial charge in [-0.2, -0.15) is 0 Å². The third kappa shape index (κ3) is 2.77. The zero-order valence-corrected chi connectivity index (χ0v) is 10.6. The molecule has 0 aliphatic heterocycles. The van der Waals surface area contributed by atoms with Gasteiger partial charge in [-0.15, -0.1) is 0 Å². The van der Waals surface area contributed by atoms with Crippen molar-refractivity contribution in [1.29, 1.82) is 0 Å². The van der Waals surface area contributed by atoms with Gasteiger partial charge in [-0.05, 0) is 25.5 Å². The van der Waals surface area contributed by atoms with Crippen LogP contribution in [0.3, 0.4) is 0 Å². The Kier molecular flexibility index (Phi) is 4.12. The first-order valence-electron chi connectivity index (χ1n) is 5.45. The summed E-state index contributed by atoms with van der Waals surface area (Å²) >= 11 is 0. The number of hydrogen-bond acceptors (Lipinski definition) is 4. The Morgan fingerprint density at radius 2 is 2.00 bits per heavy atom. The molecule has 0 saturated carbocycles. The number of ketones is 1. The van der Waals surface area contributed by atoms with Crippen LogP contribution in [0.5, 0.6) is 11.5 Å². The van der Waals surface area contributed by atoms with Gasteiger partial charge >= 0.3 is 0 Å². The van der Waals surface area contributed by atoms with E-state index in [0.717, 1.165) is 0 Å². The lowest BCUT2D eigenvalue weighted by molar-refractivity contribution is 0.0387. The van der Waals surface area contributed by atoms with E-state index in [1.165, 1.54) is 14.0 Å². The Labute approximate surface area is 101 Å². The van der Waals surface area contributed by atoms with Crippen molar-refractivity contribution in [2.45, 2.75) is 25.9 Å². The summed E-state index contributed by atoms with van der Waals surface area (Å²) in [6.07, 6.45) is 0.348. The van der Waals surface area contributed by atoms with E-state index in [1.807, 2.05) is 0 Å². The molecule has 4 nitrogen and oxygen atoms in total. The van der Waals surface area contributed by atoms with Crippen molar-refractivity contribution in [3.05, 3.63) is 23.8 Å². The summed E-state index contributed by atoms with van der Waals surface area (Å²) < 4.78 is 10.2. The predicted octanol–water partition coefficient (Wildman–Crippen LogP) is 2.05. The van der Waals surface area contributed by atoms with Crippen LogP contribution >= 0.6 is 0 Å². The molecule has 1 aromatic carbocycles. The van der Waals surface area contributed by atoms with Crippen LogP contribution in [0.15, 0.2) is 18.2 Å². The lowest BCUT2D eigenvalue weighted by Crippen LogP contribution is -2.34. The molecule has 0 aliphatic carbocycles. The van der Waals surface area contributed by atoms with Crippen LogP contribution in [0.25, 0.3) is 0 Å². The van der Waals surface area contributed by atoms with Gasteiger partial charge in [0.1, 0.15) is 17.1 Å². The van der Waals surface area contributed by atoms with Crippen LogP contribution < -0.4 is 9.47 Å². The van der Waals surface area contributed by atoms with Crippen LogP contribution in [0.2, 0.25) is 0 Å². The number of methoxy groups -OCH3 is 2. The third-order valence-electron chi connectivity index (χ3n) is 2.83. The van der Waals surface area contributed by atoms with E-state index in [4.69, 9.17) is 9.47 Å². The molecule has 1 atom stereocenters. The fourth-order valence-electron chi connectivity index (χ4n) is 1.44. The highest BCUT2D eigenvalue weighted by molar-refractivity contribution is 6.04. The third-order valence-corrected chi connectivity index (χ3v) is 2.83. The van der Waals surface area contributed by atoms with Crippen LogP contribution in [0, 0.1) is 0 Å². The summed E-state index contributed by atoms with van der Waals surface area (Å²) in [5, 5.41) is 9.96. The summed E-state index contributed by atoms with van der Waals surface area (Å²) in [5.41, 5.74) is -1.01. The van der Waals surface area contributed by atoms with Crippen molar-refractivity contribution >= 4 is 5.78 Å². The van der Waals surface area contributed by atoms with Gasteiger partial charge in [-0.1, -0.05) is 6.92 Å². The standard InChI is InChI=1S/C13H18O4/c1-5-13(2,15)12(14)10-7-6-9(16-3)8-11(10)17-4/h6-8,15H,5H2,1-4H3. The molecule has 0 aliphatic rings. The van der Waals surface area contributed by atoms with Gasteiger partial charge in [-0.25, -0.2) is 0 Å². The van der Waals surface area contributed by atoms with E-state index >= 15 is 0 Å². The number of carbonyl (C=O) groups is 1. The van der Waals surface area contributed by atoms with Crippen LogP contribution in [-0.2, 0) is 0 Å². The molecular weight excluding hydrogens is 220 g/mol. The lowest BCUT2D eigenvalue weighted by atomic mass is 9.92. The maximum atomic E-state index is 12.1. The Balaban J connectivity index is 3.18. The summed E-state index contributed by atoms with van der Waals surface area (Å²) in [5.74, 6) is 0.664. The Bertz CT molecular complexity index is 410. The summed E-state index contributed by atoms with van der Waals surface area (Å²) in [6.45, 7) is 3.26. The molecule has 17 heavy (non-hydrogen) atoms. The molecule has 1 N–H and O–H groups in total. The minimum atomic E-state index is -1.37. The molecule has 94 valence electrons. The Hall–Kier alpha value is -1.55. The van der Waals surface area contributed by atoms with Gasteiger partial charge in [-0.3, -0.25) is 4.79 Å². The number of rotatable bonds is 5. The molecule has 0 fully saturated rings. The first-order chi connectivity index (χ1) is 7.96. The molecule has 1 aromatic rings. The predicted molar refractivity (Wildman–Crippen MR) is 64.8 cm³/mol. The molecule has 0 radical (unpaired) electrons. The zero-order valence-electron chi connectivity index (χ0n) is 10.6. The van der Waals surface area contributed by atoms with Crippen LogP contribution in [-0.4, -0.2) is 30.7 Å². The summed E-state index contributed by atoms with van der Waals surface area (Å²) in [4.78, 5) is 12.1. The number of ether oxygens (including phenoxy) is 2. The summed E-state index contributed by atoms with van der Waals surface area (Å²) in [6, 6.07) is 4.89. The van der Waals surface area contributed by atoms with E-state index in [2.05, 4.69) is 0 Å². The normalized spacial score (nSPS) is 13.9. The first-order valence-corrected chi connectivity index (χ1v) is 5.45. The van der Waals surface area contributed by atoms with Crippen molar-refractivity contribution < 1.29 is 19.4 Å². The molecule has 0 heterocycles. The monoisotopic (exact) mass is 238 g/mol. The van der Waals surface area contributed by atoms with Crippen molar-refractivity contribution in [3.8, 4) is 11.5 Å². The smallest absolute Gasteiger partial charge is 0.197 e. The number of benzene rings is 1. The molecule has 0 spiro atoms. The molecule has 0 bridgehead atoms. The zero-order chi connectivity index (χ0) is 13.1. The van der Waals surface area contributed by atoms with E-state index in [-0.39, 0.29) is 5.78 Å². The van der Waals surface area contributed by atoms with Crippen LogP contribution in [0.1, 0.15) is 30.6 Å². The van der Waals surface area contributed by atoms with Gasteiger partial charge < -0.3 is 14.6 Å². The van der Waals surface area contributed by atoms with Crippen molar-refractivity contribution in [2.24, 2.45) is 0 Å². The molecular formula is C13H18O4. The molecule has 1 unspecified atom stereocenters. The Morgan fingerprint density at radius 3 is 2.47 bits per heavy atom. The number of aliphatic hydroxyl groups is 1. The molecule has 0 aromatic heterocycles. The maximum Gasteiger partial charge on any atom is 0.197 e. The highest BCUT2D eigenvalue weighted by Gasteiger charge is 2.31. The molecule has 1 rings (SSSR count). The molecule has 4 heteroatoms. The SMILES string of the molecule is CCC(C)(O)C(=O)c1ccc(OC)cc1OC. The van der Waals surface area contributed by atoms with Crippen molar-refractivity contribution in [3.63, 3.8) is 0 Å². The van der Waals surface area contributed by atoms with Crippen molar-refractivity contribution in [1.82, 2.24) is 0 Å². The first kappa shape index (κ1) is 13.5. The van der Waals surface area contributed by atoms with E-state index in [9.17, 15) is 9.90 Å². The fraction of sp³-hybridized carbons (Fsp3) is 0.462. The molecule has 0 saturated heterocycles. The minimum absolute atomic E-state index is 0.348. The lowest BCUT2D eigenvalue weighted by Gasteiger charge is -2.21. The van der Waals surface area contributed by atoms with Gasteiger partial charge in [0.2, 0.25) is 0 Å². The molecule has 0 amide bonds. The number of carbonyl (C=O) groups excluding carboxylic acids is 1. The maximum absolute atomic E-state index is 12.1. The topological polar surface area (TPSA) is 55.8 Å². The minimum Gasteiger partial charge on any atom is -0.497 e. The average molecular weight is 238 g/mol. The van der Waals surface area contributed by atoms with Crippen molar-refractivity contribution in [2.75, 3.05) is 14.2 Å². The second-order valence-electron chi connectivity index (χ2n) is 4.02. The summed E-state index contributed by atoms with van der Waals surface area (Å²) in [7, 11) is 3.02. The highest BCUT2D eigenvalue weighted by atomic mass is 16.5. The quantitative estimate of drug-likeness (QED) is 0.798.